The maximum atomic E-state index is 13.2. The normalized spacial score (nSPS) is 15.1. The van der Waals surface area contributed by atoms with Crippen molar-refractivity contribution in [2.75, 3.05) is 91.1 Å². The maximum absolute atomic E-state index is 13.2. The molecule has 4 rings (SSSR count). The third-order valence-electron chi connectivity index (χ3n) is 8.52. The summed E-state index contributed by atoms with van der Waals surface area (Å²) in [4.78, 5) is 75.2. The number of ether oxygens (including phenoxy) is 7. The molecule has 2 aliphatic heterocycles. The first-order valence-electron chi connectivity index (χ1n) is 18.9. The zero-order valence-corrected chi connectivity index (χ0v) is 31.6. The number of fused-ring (bicyclic) bond motifs is 1. The highest BCUT2D eigenvalue weighted by Gasteiger charge is 2.45. The number of carbonyl (C=O) groups is 6. The lowest BCUT2D eigenvalue weighted by molar-refractivity contribution is -0.136. The number of amides is 6. The summed E-state index contributed by atoms with van der Waals surface area (Å²) in [5.74, 6) is -2.73. The smallest absolute Gasteiger partial charge is 0.407 e. The van der Waals surface area contributed by atoms with Crippen LogP contribution in [0.2, 0.25) is 0 Å². The van der Waals surface area contributed by atoms with E-state index in [2.05, 4.69) is 16.0 Å². The number of nitrogens with one attached hydrogen (secondary N) is 3. The van der Waals surface area contributed by atoms with Crippen LogP contribution in [0.1, 0.15) is 64.8 Å². The zero-order valence-electron chi connectivity index (χ0n) is 31.6. The second kappa shape index (κ2) is 25.4. The topological polar surface area (TPSA) is 206 Å². The molecule has 2 heterocycles. The lowest BCUT2D eigenvalue weighted by Crippen LogP contribution is -2.54. The number of carbonyl (C=O) groups excluding carboxylic acids is 6. The van der Waals surface area contributed by atoms with E-state index in [9.17, 15) is 28.8 Å². The van der Waals surface area contributed by atoms with Crippen molar-refractivity contribution in [3.05, 3.63) is 65.2 Å². The third kappa shape index (κ3) is 15.4. The van der Waals surface area contributed by atoms with Crippen LogP contribution in [0.15, 0.2) is 48.5 Å². The second-order valence-corrected chi connectivity index (χ2v) is 12.7. The lowest BCUT2D eigenvalue weighted by Gasteiger charge is -2.27. The number of hydrogen-bond acceptors (Lipinski definition) is 13. The molecule has 0 radical (unpaired) electrons. The van der Waals surface area contributed by atoms with Gasteiger partial charge in [0, 0.05) is 26.0 Å². The summed E-state index contributed by atoms with van der Waals surface area (Å²) >= 11 is 0. The van der Waals surface area contributed by atoms with Crippen LogP contribution >= 0.6 is 0 Å². The SMILES string of the molecule is O=C1CCC(N2C(=O)c3cccc(NC(=O)CCCCCOCCOCCOCCOCCOCCOCCNC(=O)OCc4ccccc4)c3C2=O)C(=O)N1. The first-order valence-corrected chi connectivity index (χ1v) is 18.9. The molecule has 0 bridgehead atoms. The largest absolute Gasteiger partial charge is 0.445 e. The van der Waals surface area contributed by atoms with Gasteiger partial charge in [-0.25, -0.2) is 4.79 Å². The first-order chi connectivity index (χ1) is 27.3. The van der Waals surface area contributed by atoms with E-state index in [1.165, 1.54) is 6.07 Å². The third-order valence-corrected chi connectivity index (χ3v) is 8.52. The van der Waals surface area contributed by atoms with Gasteiger partial charge in [-0.15, -0.1) is 0 Å². The molecule has 0 spiro atoms. The van der Waals surface area contributed by atoms with E-state index in [0.29, 0.717) is 92.2 Å². The van der Waals surface area contributed by atoms with Gasteiger partial charge in [0.05, 0.1) is 89.5 Å². The molecule has 306 valence electrons. The molecule has 2 aromatic carbocycles. The summed E-state index contributed by atoms with van der Waals surface area (Å²) in [7, 11) is 0. The summed E-state index contributed by atoms with van der Waals surface area (Å²) in [6.45, 7) is 5.78. The molecule has 1 fully saturated rings. The van der Waals surface area contributed by atoms with Gasteiger partial charge >= 0.3 is 6.09 Å². The van der Waals surface area contributed by atoms with E-state index in [4.69, 9.17) is 33.2 Å². The molecule has 17 nitrogen and oxygen atoms in total. The van der Waals surface area contributed by atoms with Crippen molar-refractivity contribution >= 4 is 41.3 Å². The number of imide groups is 2. The van der Waals surface area contributed by atoms with Gasteiger partial charge in [-0.2, -0.15) is 0 Å². The van der Waals surface area contributed by atoms with Crippen molar-refractivity contribution in [3.8, 4) is 0 Å². The monoisotopic (exact) mass is 784 g/mol. The summed E-state index contributed by atoms with van der Waals surface area (Å²) in [6.07, 6.45) is 1.94. The van der Waals surface area contributed by atoms with Crippen molar-refractivity contribution in [1.29, 1.82) is 0 Å². The van der Waals surface area contributed by atoms with Crippen LogP contribution in [0.3, 0.4) is 0 Å². The van der Waals surface area contributed by atoms with Gasteiger partial charge in [-0.3, -0.25) is 34.2 Å². The summed E-state index contributed by atoms with van der Waals surface area (Å²) in [6, 6.07) is 13.0. The Morgan fingerprint density at radius 1 is 0.679 bits per heavy atom. The highest BCUT2D eigenvalue weighted by atomic mass is 16.6. The number of alkyl carbamates (subject to hydrolysis) is 1. The molecule has 1 unspecified atom stereocenters. The number of nitrogens with zero attached hydrogens (tertiary/aromatic N) is 1. The molecule has 0 saturated carbocycles. The summed E-state index contributed by atoms with van der Waals surface area (Å²) < 4.78 is 38.1. The zero-order chi connectivity index (χ0) is 39.8. The Bertz CT molecular complexity index is 1580. The van der Waals surface area contributed by atoms with Gasteiger partial charge in [0.25, 0.3) is 11.8 Å². The molecule has 3 N–H and O–H groups in total. The molecule has 1 atom stereocenters. The Morgan fingerprint density at radius 3 is 1.91 bits per heavy atom. The van der Waals surface area contributed by atoms with E-state index >= 15 is 0 Å². The molecule has 56 heavy (non-hydrogen) atoms. The van der Waals surface area contributed by atoms with Crippen molar-refractivity contribution in [2.24, 2.45) is 0 Å². The Hall–Kier alpha value is -4.78. The predicted octanol–water partition coefficient (Wildman–Crippen LogP) is 2.61. The molecule has 1 saturated heterocycles. The van der Waals surface area contributed by atoms with Gasteiger partial charge in [0.1, 0.15) is 12.6 Å². The highest BCUT2D eigenvalue weighted by Crippen LogP contribution is 2.32. The maximum Gasteiger partial charge on any atom is 0.407 e. The number of hydrogen-bond donors (Lipinski definition) is 3. The van der Waals surface area contributed by atoms with Crippen molar-refractivity contribution in [3.63, 3.8) is 0 Å². The molecule has 2 aliphatic rings. The van der Waals surface area contributed by atoms with Crippen molar-refractivity contribution in [2.45, 2.75) is 51.2 Å². The highest BCUT2D eigenvalue weighted by molar-refractivity contribution is 6.26. The van der Waals surface area contributed by atoms with Crippen LogP contribution in [0.5, 0.6) is 0 Å². The standard InChI is InChI=1S/C39H52N4O13/c44-33(41-31-11-7-10-30-35(31)38(48)43(37(30)47)32-13-14-34(45)42-36(32)46)12-5-2-6-16-50-18-20-52-22-24-54-26-27-55-25-23-53-21-19-51-17-15-40-39(49)56-28-29-8-3-1-4-9-29/h1,3-4,7-11,32H,2,5-6,12-28H2,(H,40,49)(H,41,44)(H,42,45,46). The fourth-order valence-corrected chi connectivity index (χ4v) is 5.70. The number of benzene rings is 2. The second-order valence-electron chi connectivity index (χ2n) is 12.7. The number of anilines is 1. The lowest BCUT2D eigenvalue weighted by atomic mass is 10.0. The van der Waals surface area contributed by atoms with E-state index in [1.54, 1.807) is 12.1 Å². The first kappa shape index (κ1) is 43.9. The molecular weight excluding hydrogens is 732 g/mol. The van der Waals surface area contributed by atoms with Gasteiger partial charge in [0.2, 0.25) is 17.7 Å². The molecule has 0 aromatic heterocycles. The Kier molecular flexibility index (Phi) is 19.9. The van der Waals surface area contributed by atoms with Crippen LogP contribution in [0.4, 0.5) is 10.5 Å². The summed E-state index contributed by atoms with van der Waals surface area (Å²) in [5, 5.41) is 7.53. The number of unbranched alkanes of at least 4 members (excludes halogenated alkanes) is 2. The van der Waals surface area contributed by atoms with Gasteiger partial charge in [-0.1, -0.05) is 42.8 Å². The number of rotatable bonds is 28. The van der Waals surface area contributed by atoms with E-state index in [1.807, 2.05) is 30.3 Å². The molecule has 2 aromatic rings. The fourth-order valence-electron chi connectivity index (χ4n) is 5.70. The van der Waals surface area contributed by atoms with E-state index in [0.717, 1.165) is 23.3 Å². The van der Waals surface area contributed by atoms with Crippen LogP contribution in [-0.2, 0) is 54.1 Å². The van der Waals surface area contributed by atoms with Crippen molar-refractivity contribution < 1.29 is 61.9 Å². The van der Waals surface area contributed by atoms with Crippen molar-refractivity contribution in [1.82, 2.24) is 15.5 Å². The van der Waals surface area contributed by atoms with E-state index < -0.39 is 35.8 Å². The molecule has 0 aliphatic carbocycles. The van der Waals surface area contributed by atoms with Crippen LogP contribution in [-0.4, -0.2) is 132 Å². The average molecular weight is 785 g/mol. The minimum absolute atomic E-state index is 0.0259. The molecular formula is C39H52N4O13. The van der Waals surface area contributed by atoms with Crippen LogP contribution < -0.4 is 16.0 Å². The Labute approximate surface area is 326 Å². The van der Waals surface area contributed by atoms with Gasteiger partial charge < -0.3 is 43.8 Å². The average Bonchev–Trinajstić information content (AvgIpc) is 3.45. The predicted molar refractivity (Wildman–Crippen MR) is 200 cm³/mol. The van der Waals surface area contributed by atoms with Crippen LogP contribution in [0, 0.1) is 0 Å². The van der Waals surface area contributed by atoms with Gasteiger partial charge in [0.15, 0.2) is 0 Å². The molecule has 17 heteroatoms. The van der Waals surface area contributed by atoms with Gasteiger partial charge in [-0.05, 0) is 37.0 Å². The Morgan fingerprint density at radius 2 is 1.29 bits per heavy atom. The van der Waals surface area contributed by atoms with E-state index in [-0.39, 0.29) is 48.6 Å². The summed E-state index contributed by atoms with van der Waals surface area (Å²) in [5.41, 5.74) is 1.29. The number of piperidine rings is 1. The Balaban J connectivity index is 0.877. The molecule has 6 amide bonds. The van der Waals surface area contributed by atoms with Crippen LogP contribution in [0.25, 0.3) is 0 Å². The minimum Gasteiger partial charge on any atom is -0.445 e. The fraction of sp³-hybridized carbons (Fsp3) is 0.538. The minimum atomic E-state index is -1.08. The quantitative estimate of drug-likeness (QED) is 0.0840.